The highest BCUT2D eigenvalue weighted by Gasteiger charge is 2.15. The number of nitrogens with two attached hydrogens (primary N) is 1. The first-order valence-electron chi connectivity index (χ1n) is 6.86. The Balaban J connectivity index is 1.96. The van der Waals surface area contributed by atoms with Crippen LogP contribution in [0.5, 0.6) is 0 Å². The molecular formula is C13H18N4O4S2. The molecule has 0 spiro atoms. The van der Waals surface area contributed by atoms with Gasteiger partial charge >= 0.3 is 0 Å². The van der Waals surface area contributed by atoms with Crippen molar-refractivity contribution < 1.29 is 16.8 Å². The maximum atomic E-state index is 12.1. The first-order chi connectivity index (χ1) is 10.7. The molecule has 0 aliphatic carbocycles. The second-order valence-electron chi connectivity index (χ2n) is 4.87. The molecule has 0 radical (unpaired) electrons. The van der Waals surface area contributed by atoms with Crippen LogP contribution in [0.3, 0.4) is 0 Å². The van der Waals surface area contributed by atoms with Crippen molar-refractivity contribution in [2.24, 2.45) is 5.14 Å². The molecule has 2 aromatic rings. The van der Waals surface area contributed by atoms with Crippen LogP contribution in [0.15, 0.2) is 46.5 Å². The van der Waals surface area contributed by atoms with Crippen LogP contribution in [-0.2, 0) is 33.0 Å². The zero-order chi connectivity index (χ0) is 17.1. The van der Waals surface area contributed by atoms with Crippen molar-refractivity contribution in [1.29, 1.82) is 0 Å². The quantitative estimate of drug-likeness (QED) is 0.725. The highest BCUT2D eigenvalue weighted by Crippen LogP contribution is 2.10. The topological polar surface area (TPSA) is 124 Å². The normalized spacial score (nSPS) is 12.4. The number of benzene rings is 1. The molecule has 0 saturated heterocycles. The van der Waals surface area contributed by atoms with Crippen molar-refractivity contribution in [1.82, 2.24) is 14.5 Å². The molecule has 0 atom stereocenters. The highest BCUT2D eigenvalue weighted by atomic mass is 32.2. The smallest absolute Gasteiger partial charge is 0.243 e. The lowest BCUT2D eigenvalue weighted by atomic mass is 10.2. The number of nitrogens with one attached hydrogen (secondary N) is 1. The average molecular weight is 358 g/mol. The van der Waals surface area contributed by atoms with Crippen molar-refractivity contribution in [2.75, 3.05) is 6.54 Å². The molecule has 2 rings (SSSR count). The Morgan fingerprint density at radius 1 is 1.13 bits per heavy atom. The van der Waals surface area contributed by atoms with Gasteiger partial charge in [0.25, 0.3) is 0 Å². The van der Waals surface area contributed by atoms with Crippen LogP contribution in [0, 0.1) is 0 Å². The summed E-state index contributed by atoms with van der Waals surface area (Å²) >= 11 is 0. The summed E-state index contributed by atoms with van der Waals surface area (Å²) in [6.07, 6.45) is 3.18. The zero-order valence-electron chi connectivity index (χ0n) is 12.5. The molecule has 1 heterocycles. The van der Waals surface area contributed by atoms with E-state index in [0.717, 1.165) is 5.56 Å². The fraction of sp³-hybridized carbons (Fsp3) is 0.308. The third-order valence-corrected chi connectivity index (χ3v) is 5.55. The number of hydrogen-bond acceptors (Lipinski definition) is 5. The Labute approximate surface area is 135 Å². The van der Waals surface area contributed by atoms with Crippen LogP contribution < -0.4 is 9.86 Å². The molecule has 0 bridgehead atoms. The minimum Gasteiger partial charge on any atom is -0.272 e. The number of nitrogens with zero attached hydrogens (tertiary/aromatic N) is 2. The van der Waals surface area contributed by atoms with Gasteiger partial charge in [-0.1, -0.05) is 12.1 Å². The van der Waals surface area contributed by atoms with Crippen LogP contribution in [-0.4, -0.2) is 33.2 Å². The lowest BCUT2D eigenvalue weighted by molar-refractivity contribution is 0.581. The van der Waals surface area contributed by atoms with E-state index in [1.165, 1.54) is 29.2 Å². The molecule has 1 aromatic heterocycles. The fourth-order valence-corrected chi connectivity index (χ4v) is 3.41. The fourth-order valence-electron chi connectivity index (χ4n) is 1.92. The zero-order valence-corrected chi connectivity index (χ0v) is 14.1. The summed E-state index contributed by atoms with van der Waals surface area (Å²) in [7, 11) is -7.32. The Morgan fingerprint density at radius 2 is 1.78 bits per heavy atom. The molecule has 0 aliphatic heterocycles. The van der Waals surface area contributed by atoms with E-state index in [0.29, 0.717) is 13.0 Å². The lowest BCUT2D eigenvalue weighted by Gasteiger charge is -2.05. The summed E-state index contributed by atoms with van der Waals surface area (Å²) in [6, 6.07) is 5.99. The van der Waals surface area contributed by atoms with Gasteiger partial charge in [0.15, 0.2) is 0 Å². The first-order valence-corrected chi connectivity index (χ1v) is 9.89. The van der Waals surface area contributed by atoms with E-state index >= 15 is 0 Å². The van der Waals surface area contributed by atoms with Gasteiger partial charge in [-0.05, 0) is 31.0 Å². The van der Waals surface area contributed by atoms with Crippen LogP contribution >= 0.6 is 0 Å². The molecule has 0 unspecified atom stereocenters. The molecule has 0 fully saturated rings. The SMILES string of the molecule is CCn1cc(S(=O)(=O)NCCc2ccc(S(N)(=O)=O)cc2)cn1. The van der Waals surface area contributed by atoms with E-state index in [4.69, 9.17) is 5.14 Å². The average Bonchev–Trinajstić information content (AvgIpc) is 2.96. The van der Waals surface area contributed by atoms with Crippen molar-refractivity contribution >= 4 is 20.0 Å². The summed E-state index contributed by atoms with van der Waals surface area (Å²) in [5, 5.41) is 8.94. The number of primary sulfonamides is 1. The largest absolute Gasteiger partial charge is 0.272 e. The second-order valence-corrected chi connectivity index (χ2v) is 8.20. The summed E-state index contributed by atoms with van der Waals surface area (Å²) in [5.41, 5.74) is 0.796. The molecule has 10 heteroatoms. The monoisotopic (exact) mass is 358 g/mol. The van der Waals surface area contributed by atoms with Gasteiger partial charge in [-0.15, -0.1) is 0 Å². The van der Waals surface area contributed by atoms with Gasteiger partial charge in [0.2, 0.25) is 20.0 Å². The van der Waals surface area contributed by atoms with Crippen molar-refractivity contribution in [3.05, 3.63) is 42.2 Å². The van der Waals surface area contributed by atoms with E-state index in [2.05, 4.69) is 9.82 Å². The second kappa shape index (κ2) is 6.79. The maximum absolute atomic E-state index is 12.1. The summed E-state index contributed by atoms with van der Waals surface area (Å²) < 4.78 is 50.5. The number of sulfonamides is 2. The van der Waals surface area contributed by atoms with Crippen LogP contribution in [0.25, 0.3) is 0 Å². The first kappa shape index (κ1) is 17.6. The summed E-state index contributed by atoms with van der Waals surface area (Å²) in [6.45, 7) is 2.64. The van der Waals surface area contributed by atoms with Gasteiger partial charge < -0.3 is 0 Å². The van der Waals surface area contributed by atoms with Crippen molar-refractivity contribution in [3.8, 4) is 0 Å². The molecule has 8 nitrogen and oxygen atoms in total. The van der Waals surface area contributed by atoms with Gasteiger partial charge in [0.05, 0.1) is 11.1 Å². The van der Waals surface area contributed by atoms with Crippen LogP contribution in [0.4, 0.5) is 0 Å². The van der Waals surface area contributed by atoms with Gasteiger partial charge in [0.1, 0.15) is 4.90 Å². The van der Waals surface area contributed by atoms with E-state index in [1.807, 2.05) is 6.92 Å². The van der Waals surface area contributed by atoms with Crippen LogP contribution in [0.2, 0.25) is 0 Å². The predicted octanol–water partition coefficient (Wildman–Crippen LogP) is 0.0714. The Bertz CT molecular complexity index is 871. The summed E-state index contributed by atoms with van der Waals surface area (Å²) in [4.78, 5) is 0.137. The van der Waals surface area contributed by atoms with E-state index in [-0.39, 0.29) is 16.3 Å². The maximum Gasteiger partial charge on any atom is 0.243 e. The molecule has 0 amide bonds. The van der Waals surface area contributed by atoms with Gasteiger partial charge in [0, 0.05) is 19.3 Å². The standard InChI is InChI=1S/C13H18N4O4S2/c1-2-17-10-13(9-15-17)23(20,21)16-8-7-11-3-5-12(6-4-11)22(14,18)19/h3-6,9-10,16H,2,7-8H2,1H3,(H2,14,18,19). The third kappa shape index (κ3) is 4.61. The molecule has 1 aromatic carbocycles. The Morgan fingerprint density at radius 3 is 2.30 bits per heavy atom. The highest BCUT2D eigenvalue weighted by molar-refractivity contribution is 7.89. The van der Waals surface area contributed by atoms with Crippen molar-refractivity contribution in [2.45, 2.75) is 29.7 Å². The molecule has 3 N–H and O–H groups in total. The predicted molar refractivity (Wildman–Crippen MR) is 84.6 cm³/mol. The molecule has 0 saturated carbocycles. The number of aryl methyl sites for hydroxylation is 1. The van der Waals surface area contributed by atoms with Crippen LogP contribution in [0.1, 0.15) is 12.5 Å². The Kier molecular flexibility index (Phi) is 5.19. The van der Waals surface area contributed by atoms with E-state index in [1.54, 1.807) is 12.1 Å². The third-order valence-electron chi connectivity index (χ3n) is 3.20. The van der Waals surface area contributed by atoms with Gasteiger partial charge in [-0.2, -0.15) is 5.10 Å². The minimum atomic E-state index is -3.72. The molecule has 0 aliphatic rings. The minimum absolute atomic E-state index is 0.0220. The lowest BCUT2D eigenvalue weighted by Crippen LogP contribution is -2.25. The molecule has 23 heavy (non-hydrogen) atoms. The number of hydrogen-bond donors (Lipinski definition) is 2. The van der Waals surface area contributed by atoms with E-state index < -0.39 is 20.0 Å². The Hall–Kier alpha value is -1.75. The summed E-state index contributed by atoms with van der Waals surface area (Å²) in [5.74, 6) is 0. The number of aromatic nitrogens is 2. The molecule has 126 valence electrons. The van der Waals surface area contributed by atoms with Crippen molar-refractivity contribution in [3.63, 3.8) is 0 Å². The number of rotatable bonds is 7. The van der Waals surface area contributed by atoms with Gasteiger partial charge in [-0.25, -0.2) is 26.7 Å². The van der Waals surface area contributed by atoms with Gasteiger partial charge in [-0.3, -0.25) is 4.68 Å². The molecular weight excluding hydrogens is 340 g/mol. The van der Waals surface area contributed by atoms with E-state index in [9.17, 15) is 16.8 Å².